The highest BCUT2D eigenvalue weighted by Crippen LogP contribution is 2.38. The predicted molar refractivity (Wildman–Crippen MR) is 92.5 cm³/mol. The van der Waals surface area contributed by atoms with Crippen molar-refractivity contribution in [2.24, 2.45) is 0 Å². The standard InChI is InChI=1S/C17H19ClN4O4/c1-10-19-20-15-9-21(13(17(23)24)8-22(10)15)7-11-5-12(18)16-14(6-11)25-3-2-4-26-16/h5-6,13H,2-4,7-9H2,1H3,(H,23,24). The summed E-state index contributed by atoms with van der Waals surface area (Å²) >= 11 is 6.35. The van der Waals surface area contributed by atoms with Gasteiger partial charge in [-0.2, -0.15) is 0 Å². The molecule has 1 aromatic heterocycles. The van der Waals surface area contributed by atoms with Crippen molar-refractivity contribution in [3.63, 3.8) is 0 Å². The topological polar surface area (TPSA) is 89.7 Å². The number of carboxylic acids is 1. The van der Waals surface area contributed by atoms with Crippen LogP contribution in [0.3, 0.4) is 0 Å². The van der Waals surface area contributed by atoms with Gasteiger partial charge in [-0.3, -0.25) is 9.69 Å². The Kier molecular flexibility index (Phi) is 4.46. The molecule has 26 heavy (non-hydrogen) atoms. The lowest BCUT2D eigenvalue weighted by atomic mass is 10.1. The summed E-state index contributed by atoms with van der Waals surface area (Å²) in [4.78, 5) is 13.6. The summed E-state index contributed by atoms with van der Waals surface area (Å²) in [6.45, 7) is 4.10. The second kappa shape index (κ2) is 6.77. The van der Waals surface area contributed by atoms with Crippen molar-refractivity contribution in [1.29, 1.82) is 0 Å². The third-order valence-corrected chi connectivity index (χ3v) is 4.97. The van der Waals surface area contributed by atoms with Crippen LogP contribution in [0.15, 0.2) is 12.1 Å². The molecular formula is C17H19ClN4O4. The maximum absolute atomic E-state index is 11.8. The van der Waals surface area contributed by atoms with Crippen LogP contribution in [0.1, 0.15) is 23.6 Å². The van der Waals surface area contributed by atoms with Gasteiger partial charge in [-0.05, 0) is 24.6 Å². The van der Waals surface area contributed by atoms with Crippen LogP contribution >= 0.6 is 11.6 Å². The monoisotopic (exact) mass is 378 g/mol. The van der Waals surface area contributed by atoms with Gasteiger partial charge in [0.25, 0.3) is 0 Å². The number of benzene rings is 1. The maximum Gasteiger partial charge on any atom is 0.322 e. The van der Waals surface area contributed by atoms with Crippen LogP contribution in [-0.2, 0) is 24.4 Å². The molecule has 1 unspecified atom stereocenters. The second-order valence-corrected chi connectivity index (χ2v) is 6.90. The molecule has 0 bridgehead atoms. The van der Waals surface area contributed by atoms with Gasteiger partial charge >= 0.3 is 5.97 Å². The summed E-state index contributed by atoms with van der Waals surface area (Å²) in [7, 11) is 0. The first-order chi connectivity index (χ1) is 12.5. The smallest absolute Gasteiger partial charge is 0.322 e. The maximum atomic E-state index is 11.8. The summed E-state index contributed by atoms with van der Waals surface area (Å²) < 4.78 is 13.2. The lowest BCUT2D eigenvalue weighted by molar-refractivity contribution is -0.145. The molecule has 0 saturated heterocycles. The molecule has 0 aliphatic carbocycles. The van der Waals surface area contributed by atoms with E-state index in [1.54, 1.807) is 6.07 Å². The molecule has 0 saturated carbocycles. The van der Waals surface area contributed by atoms with E-state index in [-0.39, 0.29) is 0 Å². The summed E-state index contributed by atoms with van der Waals surface area (Å²) in [6.07, 6.45) is 0.794. The number of aromatic nitrogens is 3. The Balaban J connectivity index is 1.62. The highest BCUT2D eigenvalue weighted by Gasteiger charge is 2.33. The molecule has 0 radical (unpaired) electrons. The average molecular weight is 379 g/mol. The SMILES string of the molecule is Cc1nnc2n1CC(C(=O)O)N(Cc1cc(Cl)c3c(c1)OCCCO3)C2. The minimum absolute atomic E-state index is 0.321. The summed E-state index contributed by atoms with van der Waals surface area (Å²) in [6, 6.07) is 3.01. The quantitative estimate of drug-likeness (QED) is 0.871. The average Bonchev–Trinajstić information content (AvgIpc) is 2.81. The Morgan fingerprint density at radius 3 is 2.96 bits per heavy atom. The minimum Gasteiger partial charge on any atom is -0.489 e. The zero-order valence-electron chi connectivity index (χ0n) is 14.3. The molecule has 3 heterocycles. The van der Waals surface area contributed by atoms with Gasteiger partial charge in [0.05, 0.1) is 31.3 Å². The van der Waals surface area contributed by atoms with Crippen LogP contribution in [0, 0.1) is 6.92 Å². The molecule has 2 aliphatic rings. The van der Waals surface area contributed by atoms with Crippen molar-refractivity contribution in [3.8, 4) is 11.5 Å². The Hall–Kier alpha value is -2.32. The van der Waals surface area contributed by atoms with Gasteiger partial charge in [0.15, 0.2) is 11.5 Å². The Bertz CT molecular complexity index is 854. The van der Waals surface area contributed by atoms with Crippen LogP contribution in [0.25, 0.3) is 0 Å². The third-order valence-electron chi connectivity index (χ3n) is 4.69. The fourth-order valence-corrected chi connectivity index (χ4v) is 3.66. The van der Waals surface area contributed by atoms with E-state index in [0.717, 1.165) is 23.6 Å². The highest BCUT2D eigenvalue weighted by atomic mass is 35.5. The molecule has 0 fully saturated rings. The van der Waals surface area contributed by atoms with Gasteiger partial charge in [0, 0.05) is 13.0 Å². The molecule has 2 aromatic rings. The molecule has 2 aliphatic heterocycles. The van der Waals surface area contributed by atoms with Gasteiger partial charge in [-0.1, -0.05) is 11.6 Å². The molecule has 9 heteroatoms. The molecule has 4 rings (SSSR count). The number of aliphatic carboxylic acids is 1. The van der Waals surface area contributed by atoms with E-state index in [9.17, 15) is 9.90 Å². The number of carbonyl (C=O) groups is 1. The summed E-state index contributed by atoms with van der Waals surface area (Å²) in [5.74, 6) is 1.78. The Morgan fingerprint density at radius 1 is 1.35 bits per heavy atom. The van der Waals surface area contributed by atoms with Crippen molar-refractivity contribution in [1.82, 2.24) is 19.7 Å². The van der Waals surface area contributed by atoms with E-state index in [2.05, 4.69) is 10.2 Å². The molecule has 138 valence electrons. The number of rotatable bonds is 3. The lowest BCUT2D eigenvalue weighted by Crippen LogP contribution is -2.47. The Morgan fingerprint density at radius 2 is 2.15 bits per heavy atom. The van der Waals surface area contributed by atoms with Crippen molar-refractivity contribution >= 4 is 17.6 Å². The Labute approximate surface area is 155 Å². The molecule has 0 spiro atoms. The predicted octanol–water partition coefficient (Wildman–Crippen LogP) is 1.87. The van der Waals surface area contributed by atoms with E-state index in [1.165, 1.54) is 0 Å². The number of carboxylic acid groups (broad SMARTS) is 1. The molecule has 1 aromatic carbocycles. The number of fused-ring (bicyclic) bond motifs is 2. The van der Waals surface area contributed by atoms with E-state index in [1.807, 2.05) is 22.5 Å². The van der Waals surface area contributed by atoms with E-state index >= 15 is 0 Å². The molecule has 1 atom stereocenters. The zero-order valence-corrected chi connectivity index (χ0v) is 15.1. The third kappa shape index (κ3) is 3.10. The molecular weight excluding hydrogens is 360 g/mol. The number of hydrogen-bond donors (Lipinski definition) is 1. The largest absolute Gasteiger partial charge is 0.489 e. The second-order valence-electron chi connectivity index (χ2n) is 6.49. The van der Waals surface area contributed by atoms with Crippen molar-refractivity contribution in [2.75, 3.05) is 13.2 Å². The summed E-state index contributed by atoms with van der Waals surface area (Å²) in [5, 5.41) is 18.3. The lowest BCUT2D eigenvalue weighted by Gasteiger charge is -2.33. The van der Waals surface area contributed by atoms with E-state index in [0.29, 0.717) is 49.4 Å². The van der Waals surface area contributed by atoms with E-state index < -0.39 is 12.0 Å². The van der Waals surface area contributed by atoms with Crippen molar-refractivity contribution in [3.05, 3.63) is 34.4 Å². The highest BCUT2D eigenvalue weighted by molar-refractivity contribution is 6.32. The van der Waals surface area contributed by atoms with Gasteiger partial charge in [-0.25, -0.2) is 0 Å². The molecule has 0 amide bonds. The zero-order chi connectivity index (χ0) is 18.3. The first kappa shape index (κ1) is 17.1. The van der Waals surface area contributed by atoms with Crippen LogP contribution in [-0.4, -0.2) is 50.0 Å². The van der Waals surface area contributed by atoms with Gasteiger partial charge in [-0.15, -0.1) is 10.2 Å². The fourth-order valence-electron chi connectivity index (χ4n) is 3.37. The van der Waals surface area contributed by atoms with Crippen LogP contribution in [0.2, 0.25) is 5.02 Å². The fraction of sp³-hybridized carbons (Fsp3) is 0.471. The first-order valence-electron chi connectivity index (χ1n) is 8.46. The van der Waals surface area contributed by atoms with Gasteiger partial charge < -0.3 is 19.1 Å². The van der Waals surface area contributed by atoms with Crippen LogP contribution in [0.5, 0.6) is 11.5 Å². The number of halogens is 1. The van der Waals surface area contributed by atoms with Crippen molar-refractivity contribution < 1.29 is 19.4 Å². The number of hydrogen-bond acceptors (Lipinski definition) is 6. The normalized spacial score (nSPS) is 19.7. The number of ether oxygens (including phenoxy) is 2. The number of nitrogens with zero attached hydrogens (tertiary/aromatic N) is 4. The molecule has 8 nitrogen and oxygen atoms in total. The van der Waals surface area contributed by atoms with Gasteiger partial charge in [0.2, 0.25) is 0 Å². The van der Waals surface area contributed by atoms with Crippen LogP contribution < -0.4 is 9.47 Å². The van der Waals surface area contributed by atoms with Gasteiger partial charge in [0.1, 0.15) is 17.7 Å². The minimum atomic E-state index is -0.871. The van der Waals surface area contributed by atoms with Crippen molar-refractivity contribution in [2.45, 2.75) is 39.0 Å². The van der Waals surface area contributed by atoms with E-state index in [4.69, 9.17) is 21.1 Å². The first-order valence-corrected chi connectivity index (χ1v) is 8.84. The van der Waals surface area contributed by atoms with Crippen LogP contribution in [0.4, 0.5) is 0 Å². The number of aryl methyl sites for hydroxylation is 1. The summed E-state index contributed by atoms with van der Waals surface area (Å²) in [5.41, 5.74) is 0.871. The molecule has 1 N–H and O–H groups in total.